The molecule has 204 valence electrons. The third-order valence-electron chi connectivity index (χ3n) is 9.20. The normalized spacial score (nSPS) is 12.9. The van der Waals surface area contributed by atoms with Crippen molar-refractivity contribution >= 4 is 81.6 Å². The van der Waals surface area contributed by atoms with Crippen molar-refractivity contribution in [3.8, 4) is 11.5 Å². The van der Waals surface area contributed by atoms with E-state index >= 15 is 0 Å². The van der Waals surface area contributed by atoms with Crippen molar-refractivity contribution in [3.05, 3.63) is 90.5 Å². The van der Waals surface area contributed by atoms with Crippen molar-refractivity contribution in [3.63, 3.8) is 0 Å². The second-order valence-electron chi connectivity index (χ2n) is 12.6. The molecule has 3 aromatic heterocycles. The maximum Gasteiger partial charge on any atom is 0.136 e. The third kappa shape index (κ3) is 3.02. The summed E-state index contributed by atoms with van der Waals surface area (Å²) in [6.45, 7) is 6.80. The number of furan rings is 1. The van der Waals surface area contributed by atoms with Gasteiger partial charge in [0, 0.05) is 26.9 Å². The lowest BCUT2D eigenvalue weighted by Gasteiger charge is -2.19. The predicted molar refractivity (Wildman–Crippen MR) is 175 cm³/mol. The Balaban J connectivity index is 1.37. The number of aromatic nitrogens is 1. The first kappa shape index (κ1) is 23.7. The zero-order valence-corrected chi connectivity index (χ0v) is 24.3. The highest BCUT2D eigenvalue weighted by atomic mass is 16.5. The van der Waals surface area contributed by atoms with Gasteiger partial charge in [-0.25, -0.2) is 0 Å². The van der Waals surface area contributed by atoms with E-state index in [1.54, 1.807) is 14.2 Å². The van der Waals surface area contributed by atoms with Gasteiger partial charge in [-0.2, -0.15) is 0 Å². The van der Waals surface area contributed by atoms with E-state index in [1.807, 2.05) is 6.07 Å². The number of rotatable bonds is 2. The van der Waals surface area contributed by atoms with E-state index < -0.39 is 0 Å². The molecule has 0 saturated carbocycles. The average Bonchev–Trinajstić information content (AvgIpc) is 3.62. The minimum absolute atomic E-state index is 0.0571. The lowest BCUT2D eigenvalue weighted by atomic mass is 9.86. The lowest BCUT2D eigenvalue weighted by molar-refractivity contribution is 0.415. The molecule has 42 heavy (non-hydrogen) atoms. The van der Waals surface area contributed by atoms with Crippen molar-refractivity contribution in [1.29, 1.82) is 0 Å². The number of methoxy groups -OCH3 is 2. The Morgan fingerprint density at radius 3 is 2.02 bits per heavy atom. The van der Waals surface area contributed by atoms with Crippen molar-refractivity contribution in [1.82, 2.24) is 4.40 Å². The van der Waals surface area contributed by atoms with Gasteiger partial charge in [0.25, 0.3) is 0 Å². The Hall–Kier alpha value is -4.96. The van der Waals surface area contributed by atoms with Crippen LogP contribution in [0, 0.1) is 0 Å². The molecule has 9 aromatic rings. The van der Waals surface area contributed by atoms with Crippen molar-refractivity contribution in [2.45, 2.75) is 26.2 Å². The number of hydrogen-bond acceptors (Lipinski definition) is 3. The standard InChI is InChI=1S/C38H29NO3/c1-38(2,3)24-7-10-31-30(19-24)36-33(41-5)11-9-26-27-14-22-15-29-28-13-20-6-8-25(40-4)12-21(20)17-34(28)42-35(29)18-23(22)16-32(27)39(31)37(26)36/h6-19H,1-5H3. The van der Waals surface area contributed by atoms with Crippen molar-refractivity contribution in [2.75, 3.05) is 14.2 Å². The van der Waals surface area contributed by atoms with Crippen LogP contribution in [0.1, 0.15) is 26.3 Å². The zero-order chi connectivity index (χ0) is 28.5. The summed E-state index contributed by atoms with van der Waals surface area (Å²) in [6.07, 6.45) is 0. The number of ether oxygens (including phenoxy) is 2. The Bertz CT molecular complexity index is 2580. The van der Waals surface area contributed by atoms with Crippen LogP contribution in [0.5, 0.6) is 11.5 Å². The van der Waals surface area contributed by atoms with E-state index in [4.69, 9.17) is 13.9 Å². The molecular weight excluding hydrogens is 518 g/mol. The molecule has 0 spiro atoms. The summed E-state index contributed by atoms with van der Waals surface area (Å²) in [6, 6.07) is 30.9. The van der Waals surface area contributed by atoms with E-state index in [0.29, 0.717) is 0 Å². The Kier molecular flexibility index (Phi) is 4.44. The highest BCUT2D eigenvalue weighted by molar-refractivity contribution is 6.27. The fourth-order valence-electron chi connectivity index (χ4n) is 7.03. The van der Waals surface area contributed by atoms with Crippen molar-refractivity contribution < 1.29 is 13.9 Å². The molecule has 0 aliphatic heterocycles. The fraction of sp³-hybridized carbons (Fsp3) is 0.158. The van der Waals surface area contributed by atoms with E-state index in [1.165, 1.54) is 54.4 Å². The second kappa shape index (κ2) is 7.86. The van der Waals surface area contributed by atoms with Gasteiger partial charge in [0.15, 0.2) is 0 Å². The molecule has 0 amide bonds. The highest BCUT2D eigenvalue weighted by Gasteiger charge is 2.23. The van der Waals surface area contributed by atoms with Crippen LogP contribution in [-0.4, -0.2) is 18.6 Å². The Labute approximate surface area is 242 Å². The van der Waals surface area contributed by atoms with E-state index in [9.17, 15) is 0 Å². The second-order valence-corrected chi connectivity index (χ2v) is 12.6. The molecule has 0 aliphatic rings. The van der Waals surface area contributed by atoms with Crippen LogP contribution in [0.2, 0.25) is 0 Å². The third-order valence-corrected chi connectivity index (χ3v) is 9.20. The van der Waals surface area contributed by atoms with E-state index in [0.717, 1.165) is 44.2 Å². The van der Waals surface area contributed by atoms with Crippen LogP contribution in [0.25, 0.3) is 81.6 Å². The summed E-state index contributed by atoms with van der Waals surface area (Å²) in [5.41, 5.74) is 6.78. The molecule has 4 nitrogen and oxygen atoms in total. The first-order valence-corrected chi connectivity index (χ1v) is 14.4. The summed E-state index contributed by atoms with van der Waals surface area (Å²) in [5, 5.41) is 11.8. The van der Waals surface area contributed by atoms with Gasteiger partial charge >= 0.3 is 0 Å². The van der Waals surface area contributed by atoms with Gasteiger partial charge < -0.3 is 18.3 Å². The van der Waals surface area contributed by atoms with Crippen LogP contribution in [0.4, 0.5) is 0 Å². The quantitative estimate of drug-likeness (QED) is 0.216. The predicted octanol–water partition coefficient (Wildman–Crippen LogP) is 10.4. The fourth-order valence-corrected chi connectivity index (χ4v) is 7.03. The smallest absolute Gasteiger partial charge is 0.136 e. The minimum Gasteiger partial charge on any atom is -0.497 e. The molecule has 0 aliphatic carbocycles. The molecule has 6 aromatic carbocycles. The molecule has 0 N–H and O–H groups in total. The minimum atomic E-state index is 0.0571. The number of nitrogens with zero attached hydrogens (tertiary/aromatic N) is 1. The molecule has 9 rings (SSSR count). The molecular formula is C38H29NO3. The number of benzene rings is 6. The first-order chi connectivity index (χ1) is 20.3. The SMILES string of the molecule is COc1ccc2cc3c(cc2c1)oc1cc2cc4c(cc2cc13)c1ccc(OC)c2c3cc(C(C)(C)C)ccc3n4c12. The number of hydrogen-bond donors (Lipinski definition) is 0. The highest BCUT2D eigenvalue weighted by Crippen LogP contribution is 2.45. The largest absolute Gasteiger partial charge is 0.497 e. The van der Waals surface area contributed by atoms with Crippen LogP contribution >= 0.6 is 0 Å². The van der Waals surface area contributed by atoms with Gasteiger partial charge in [0.05, 0.1) is 36.2 Å². The molecule has 0 bridgehead atoms. The molecule has 0 fully saturated rings. The molecule has 3 heterocycles. The lowest BCUT2D eigenvalue weighted by Crippen LogP contribution is -2.10. The molecule has 0 radical (unpaired) electrons. The maximum atomic E-state index is 6.45. The van der Waals surface area contributed by atoms with E-state index in [2.05, 4.69) is 104 Å². The van der Waals surface area contributed by atoms with Crippen LogP contribution < -0.4 is 9.47 Å². The first-order valence-electron chi connectivity index (χ1n) is 14.4. The van der Waals surface area contributed by atoms with Gasteiger partial charge in [-0.3, -0.25) is 0 Å². The van der Waals surface area contributed by atoms with Crippen LogP contribution in [0.15, 0.2) is 89.3 Å². The summed E-state index contributed by atoms with van der Waals surface area (Å²) in [5.74, 6) is 1.76. The topological polar surface area (TPSA) is 36.0 Å². The zero-order valence-electron chi connectivity index (χ0n) is 24.3. The van der Waals surface area contributed by atoms with Gasteiger partial charge in [-0.05, 0) is 105 Å². The van der Waals surface area contributed by atoms with Crippen LogP contribution in [-0.2, 0) is 5.41 Å². The monoisotopic (exact) mass is 547 g/mol. The summed E-state index contributed by atoms with van der Waals surface area (Å²) in [4.78, 5) is 0. The van der Waals surface area contributed by atoms with E-state index in [-0.39, 0.29) is 5.41 Å². The van der Waals surface area contributed by atoms with Gasteiger partial charge in [-0.15, -0.1) is 0 Å². The van der Waals surface area contributed by atoms with Crippen LogP contribution in [0.3, 0.4) is 0 Å². The molecule has 0 atom stereocenters. The average molecular weight is 548 g/mol. The van der Waals surface area contributed by atoms with Gasteiger partial charge in [0.1, 0.15) is 22.7 Å². The van der Waals surface area contributed by atoms with Crippen molar-refractivity contribution in [2.24, 2.45) is 0 Å². The maximum absolute atomic E-state index is 6.45. The molecule has 0 unspecified atom stereocenters. The summed E-state index contributed by atoms with van der Waals surface area (Å²) >= 11 is 0. The Morgan fingerprint density at radius 2 is 1.29 bits per heavy atom. The molecule has 4 heteroatoms. The van der Waals surface area contributed by atoms with Gasteiger partial charge in [-0.1, -0.05) is 32.9 Å². The molecule has 0 saturated heterocycles. The Morgan fingerprint density at radius 1 is 0.571 bits per heavy atom. The summed E-state index contributed by atoms with van der Waals surface area (Å²) in [7, 11) is 3.47. The number of fused-ring (bicyclic) bond motifs is 11. The van der Waals surface area contributed by atoms with Gasteiger partial charge in [0.2, 0.25) is 0 Å². The summed E-state index contributed by atoms with van der Waals surface area (Å²) < 4.78 is 20.2.